The third-order valence-corrected chi connectivity index (χ3v) is 22.0. The molecule has 0 aromatic rings. The highest BCUT2D eigenvalue weighted by molar-refractivity contribution is 6.74. The van der Waals surface area contributed by atoms with Crippen LogP contribution in [0, 0.1) is 34.5 Å². The van der Waals surface area contributed by atoms with Crippen molar-refractivity contribution in [2.75, 3.05) is 0 Å². The highest BCUT2D eigenvalue weighted by Gasteiger charge is 2.67. The summed E-state index contributed by atoms with van der Waals surface area (Å²) in [6.07, 6.45) is 6.60. The fourth-order valence-electron chi connectivity index (χ4n) is 8.33. The van der Waals surface area contributed by atoms with Crippen molar-refractivity contribution in [2.24, 2.45) is 34.5 Å². The van der Waals surface area contributed by atoms with Gasteiger partial charge in [-0.05, 0) is 103 Å². The Kier molecular flexibility index (Phi) is 7.75. The van der Waals surface area contributed by atoms with Gasteiger partial charge in [-0.1, -0.05) is 67.5 Å². The number of carbonyl (C=O) groups is 1. The molecule has 8 atom stereocenters. The quantitative estimate of drug-likeness (QED) is 0.157. The van der Waals surface area contributed by atoms with Gasteiger partial charge in [0.1, 0.15) is 0 Å². The number of aliphatic hydroxyl groups excluding tert-OH is 1. The minimum absolute atomic E-state index is 0.0222. The Balaban J connectivity index is 1.93. The average molecular weight is 575 g/mol. The summed E-state index contributed by atoms with van der Waals surface area (Å²) in [7, 11) is -4.35. The smallest absolute Gasteiger partial charge is 0.192 e. The predicted molar refractivity (Wildman–Crippen MR) is 167 cm³/mol. The van der Waals surface area contributed by atoms with Gasteiger partial charge in [-0.3, -0.25) is 4.79 Å². The maximum atomic E-state index is 13.4. The topological polar surface area (TPSA) is 55.8 Å². The molecule has 0 radical (unpaired) electrons. The van der Waals surface area contributed by atoms with E-state index in [1.54, 1.807) is 0 Å². The monoisotopic (exact) mass is 574 g/mol. The molecule has 1 N–H and O–H groups in total. The van der Waals surface area contributed by atoms with Gasteiger partial charge in [-0.2, -0.15) is 0 Å². The van der Waals surface area contributed by atoms with Gasteiger partial charge in [0, 0.05) is 12.0 Å². The van der Waals surface area contributed by atoms with Gasteiger partial charge >= 0.3 is 0 Å². The summed E-state index contributed by atoms with van der Waals surface area (Å²) in [5, 5.41) is 10.2. The summed E-state index contributed by atoms with van der Waals surface area (Å²) in [5.74, 6) is 1.49. The fraction of sp³-hybridized carbons (Fsp3) is 0.848. The lowest BCUT2D eigenvalue weighted by Gasteiger charge is -2.66. The Hall–Kier alpha value is -0.696. The molecule has 0 saturated heterocycles. The van der Waals surface area contributed by atoms with E-state index >= 15 is 0 Å². The van der Waals surface area contributed by atoms with E-state index in [2.05, 4.69) is 88.2 Å². The molecule has 0 amide bonds. The highest BCUT2D eigenvalue weighted by atomic mass is 28.4. The predicted octanol–water partition coefficient (Wildman–Crippen LogP) is 9.21. The molecule has 4 unspecified atom stereocenters. The Bertz CT molecular complexity index is 1030. The van der Waals surface area contributed by atoms with Crippen LogP contribution in [-0.4, -0.2) is 39.7 Å². The number of ketones is 1. The van der Waals surface area contributed by atoms with Crippen LogP contribution < -0.4 is 0 Å². The van der Waals surface area contributed by atoms with Crippen LogP contribution in [-0.2, 0) is 13.6 Å². The highest BCUT2D eigenvalue weighted by Crippen LogP contribution is 2.68. The van der Waals surface area contributed by atoms with E-state index in [0.717, 1.165) is 25.5 Å². The first-order chi connectivity index (χ1) is 17.6. The summed E-state index contributed by atoms with van der Waals surface area (Å²) >= 11 is 0. The second kappa shape index (κ2) is 9.67. The summed E-state index contributed by atoms with van der Waals surface area (Å²) in [6.45, 7) is 32.9. The molecular weight excluding hydrogens is 517 g/mol. The first-order valence-corrected chi connectivity index (χ1v) is 21.3. The summed E-state index contributed by atoms with van der Waals surface area (Å²) in [4.78, 5) is 13.4. The van der Waals surface area contributed by atoms with E-state index in [9.17, 15) is 9.90 Å². The van der Waals surface area contributed by atoms with Gasteiger partial charge in [0.05, 0.1) is 18.5 Å². The van der Waals surface area contributed by atoms with Crippen LogP contribution in [0.2, 0.25) is 36.3 Å². The first-order valence-electron chi connectivity index (χ1n) is 15.5. The maximum Gasteiger partial charge on any atom is 0.192 e. The van der Waals surface area contributed by atoms with Crippen molar-refractivity contribution >= 4 is 22.4 Å². The van der Waals surface area contributed by atoms with Crippen LogP contribution in [0.15, 0.2) is 24.0 Å². The Morgan fingerprint density at radius 2 is 1.44 bits per heavy atom. The molecule has 6 heteroatoms. The number of hydrogen-bond acceptors (Lipinski definition) is 4. The lowest BCUT2D eigenvalue weighted by molar-refractivity contribution is -0.195. The van der Waals surface area contributed by atoms with Gasteiger partial charge < -0.3 is 14.0 Å². The number of hydrogen-bond donors (Lipinski definition) is 1. The van der Waals surface area contributed by atoms with E-state index in [-0.39, 0.29) is 44.8 Å². The molecule has 0 heterocycles. The van der Waals surface area contributed by atoms with Crippen molar-refractivity contribution in [3.8, 4) is 0 Å². The van der Waals surface area contributed by atoms with Gasteiger partial charge in [0.2, 0.25) is 0 Å². The molecule has 4 nitrogen and oxygen atoms in total. The Morgan fingerprint density at radius 3 is 1.95 bits per heavy atom. The van der Waals surface area contributed by atoms with Crippen molar-refractivity contribution in [1.29, 1.82) is 0 Å². The SMILES string of the molecule is C=C1CCC2C3C(CC[C@]12C)[C@@]1(C)C/C(=C\O)C(=O)CC1[C@@H](O[Si](C)(C)C(C)(C)C)[C@@H]3O[Si](C)(C)C(C)(C)C. The molecule has 39 heavy (non-hydrogen) atoms. The second-order valence-corrected chi connectivity index (χ2v) is 26.7. The van der Waals surface area contributed by atoms with Gasteiger partial charge in [0.25, 0.3) is 0 Å². The largest absolute Gasteiger partial charge is 0.515 e. The van der Waals surface area contributed by atoms with E-state index in [1.807, 2.05) is 0 Å². The van der Waals surface area contributed by atoms with Crippen LogP contribution >= 0.6 is 0 Å². The third kappa shape index (κ3) is 4.91. The van der Waals surface area contributed by atoms with Crippen LogP contribution in [0.1, 0.15) is 93.9 Å². The number of aliphatic hydroxyl groups is 1. The van der Waals surface area contributed by atoms with Gasteiger partial charge in [0.15, 0.2) is 22.4 Å². The zero-order chi connectivity index (χ0) is 29.6. The average Bonchev–Trinajstić information content (AvgIpc) is 3.09. The molecule has 0 bridgehead atoms. The fourth-order valence-corrected chi connectivity index (χ4v) is 11.0. The van der Waals surface area contributed by atoms with Crippen LogP contribution in [0.3, 0.4) is 0 Å². The van der Waals surface area contributed by atoms with E-state index in [1.165, 1.54) is 12.0 Å². The van der Waals surface area contributed by atoms with Crippen LogP contribution in [0.25, 0.3) is 0 Å². The van der Waals surface area contributed by atoms with E-state index in [4.69, 9.17) is 8.85 Å². The number of allylic oxidation sites excluding steroid dienone is 2. The molecule has 222 valence electrons. The van der Waals surface area contributed by atoms with Gasteiger partial charge in [-0.25, -0.2) is 0 Å². The molecule has 4 saturated carbocycles. The Labute approximate surface area is 241 Å². The summed E-state index contributed by atoms with van der Waals surface area (Å²) in [6, 6.07) is 0. The van der Waals surface area contributed by atoms with Crippen molar-refractivity contribution < 1.29 is 18.8 Å². The summed E-state index contributed by atoms with van der Waals surface area (Å²) < 4.78 is 15.1. The molecule has 4 aliphatic carbocycles. The molecule has 4 rings (SSSR count). The van der Waals surface area contributed by atoms with Gasteiger partial charge in [-0.15, -0.1) is 0 Å². The van der Waals surface area contributed by atoms with Crippen molar-refractivity contribution in [3.63, 3.8) is 0 Å². The summed E-state index contributed by atoms with van der Waals surface area (Å²) in [5.41, 5.74) is 2.05. The number of rotatable bonds is 4. The second-order valence-electron chi connectivity index (χ2n) is 17.1. The first kappa shape index (κ1) is 31.2. The normalized spacial score (nSPS) is 40.9. The van der Waals surface area contributed by atoms with Crippen LogP contribution in [0.5, 0.6) is 0 Å². The maximum absolute atomic E-state index is 13.4. The van der Waals surface area contributed by atoms with Crippen molar-refractivity contribution in [1.82, 2.24) is 0 Å². The third-order valence-electron chi connectivity index (χ3n) is 13.0. The van der Waals surface area contributed by atoms with Crippen molar-refractivity contribution in [2.45, 2.75) is 142 Å². The number of Topliss-reactive ketones (excluding diaryl/α,β-unsaturated/α-hetero) is 1. The number of carbonyl (C=O) groups excluding carboxylic acids is 1. The minimum atomic E-state index is -2.19. The zero-order valence-electron chi connectivity index (χ0n) is 27.2. The molecule has 4 fully saturated rings. The van der Waals surface area contributed by atoms with Crippen molar-refractivity contribution in [3.05, 3.63) is 24.0 Å². The Morgan fingerprint density at radius 1 is 0.897 bits per heavy atom. The van der Waals surface area contributed by atoms with E-state index < -0.39 is 16.6 Å². The molecular formula is C33H58O4Si2. The van der Waals surface area contributed by atoms with E-state index in [0.29, 0.717) is 36.2 Å². The number of fused-ring (bicyclic) bond motifs is 5. The van der Waals surface area contributed by atoms with Crippen LogP contribution in [0.4, 0.5) is 0 Å². The lowest BCUT2D eigenvalue weighted by Crippen LogP contribution is -2.68. The molecule has 0 aromatic heterocycles. The molecule has 0 aromatic carbocycles. The minimum Gasteiger partial charge on any atom is -0.515 e. The standard InChI is InChI=1S/C33H58O4Si2/c1-21-14-15-23-27-24(16-17-32(21,23)8)33(9)19-22(20-34)26(35)18-25(33)28(36-38(10,11)30(2,3)4)29(27)37-39(12,13)31(5,6)7/h20,23-25,27-29,34H,1,14-19H2,2-13H3/b22-20+/t23?,24?,25?,27?,28-,29-,32-,33-/m1/s1. The zero-order valence-corrected chi connectivity index (χ0v) is 29.2. The molecule has 0 spiro atoms. The molecule has 4 aliphatic rings. The molecule has 0 aliphatic heterocycles. The lowest BCUT2D eigenvalue weighted by atomic mass is 9.43.